The molecule has 1 unspecified atom stereocenters. The van der Waals surface area contributed by atoms with Crippen LogP contribution in [0.25, 0.3) is 5.69 Å². The molecule has 1 aliphatic rings. The molecule has 6 heteroatoms. The Morgan fingerprint density at radius 3 is 2.95 bits per heavy atom. The summed E-state index contributed by atoms with van der Waals surface area (Å²) in [7, 11) is 0. The lowest BCUT2D eigenvalue weighted by Crippen LogP contribution is -2.52. The van der Waals surface area contributed by atoms with Crippen LogP contribution in [-0.2, 0) is 0 Å². The molecule has 21 heavy (non-hydrogen) atoms. The van der Waals surface area contributed by atoms with Gasteiger partial charge in [-0.15, -0.1) is 0 Å². The molecule has 6 nitrogen and oxygen atoms in total. The predicted octanol–water partition coefficient (Wildman–Crippen LogP) is 1.01. The molecular weight excluding hydrogens is 266 g/mol. The van der Waals surface area contributed by atoms with E-state index in [1.807, 2.05) is 30.0 Å². The number of carbonyl (C=O) groups excluding carboxylic acids is 1. The number of carbonyl (C=O) groups is 1. The fourth-order valence-corrected chi connectivity index (χ4v) is 2.67. The molecule has 1 aliphatic heterocycles. The van der Waals surface area contributed by atoms with E-state index in [1.165, 1.54) is 6.33 Å². The third-order valence-corrected chi connectivity index (χ3v) is 3.89. The normalized spacial score (nSPS) is 18.8. The molecule has 0 radical (unpaired) electrons. The monoisotopic (exact) mass is 285 g/mol. The number of amides is 1. The van der Waals surface area contributed by atoms with Crippen LogP contribution in [-0.4, -0.2) is 51.2 Å². The molecule has 0 saturated carbocycles. The maximum atomic E-state index is 12.7. The number of aryl methyl sites for hydroxylation is 1. The molecule has 1 aromatic carbocycles. The van der Waals surface area contributed by atoms with Crippen molar-refractivity contribution in [3.63, 3.8) is 0 Å². The Morgan fingerprint density at radius 2 is 2.29 bits per heavy atom. The van der Waals surface area contributed by atoms with Crippen molar-refractivity contribution in [3.8, 4) is 5.69 Å². The second-order valence-electron chi connectivity index (χ2n) is 5.39. The first-order valence-electron chi connectivity index (χ1n) is 7.14. The minimum absolute atomic E-state index is 0.103. The van der Waals surface area contributed by atoms with Gasteiger partial charge in [-0.3, -0.25) is 4.79 Å². The summed E-state index contributed by atoms with van der Waals surface area (Å²) in [6, 6.07) is 5.97. The van der Waals surface area contributed by atoms with Crippen molar-refractivity contribution >= 4 is 5.91 Å². The number of nitrogens with one attached hydrogen (secondary N) is 1. The van der Waals surface area contributed by atoms with E-state index in [1.54, 1.807) is 11.0 Å². The van der Waals surface area contributed by atoms with Crippen LogP contribution in [0.2, 0.25) is 0 Å². The van der Waals surface area contributed by atoms with E-state index >= 15 is 0 Å². The van der Waals surface area contributed by atoms with Gasteiger partial charge in [-0.25, -0.2) is 9.67 Å². The first-order chi connectivity index (χ1) is 10.2. The van der Waals surface area contributed by atoms with E-state index < -0.39 is 0 Å². The van der Waals surface area contributed by atoms with E-state index in [2.05, 4.69) is 22.3 Å². The average Bonchev–Trinajstić information content (AvgIpc) is 3.01. The van der Waals surface area contributed by atoms with Gasteiger partial charge in [-0.05, 0) is 37.6 Å². The van der Waals surface area contributed by atoms with Crippen LogP contribution in [0.5, 0.6) is 0 Å². The number of nitrogens with zero attached hydrogens (tertiary/aromatic N) is 4. The number of aromatic nitrogens is 3. The van der Waals surface area contributed by atoms with Gasteiger partial charge in [-0.2, -0.15) is 5.10 Å². The molecule has 2 heterocycles. The highest BCUT2D eigenvalue weighted by atomic mass is 16.2. The van der Waals surface area contributed by atoms with Gasteiger partial charge in [0.25, 0.3) is 5.91 Å². The summed E-state index contributed by atoms with van der Waals surface area (Å²) in [4.78, 5) is 18.6. The van der Waals surface area contributed by atoms with Crippen molar-refractivity contribution in [2.24, 2.45) is 0 Å². The Balaban J connectivity index is 1.87. The lowest BCUT2D eigenvalue weighted by Gasteiger charge is -2.34. The van der Waals surface area contributed by atoms with Crippen LogP contribution >= 0.6 is 0 Å². The largest absolute Gasteiger partial charge is 0.333 e. The third kappa shape index (κ3) is 2.67. The molecule has 0 bridgehead atoms. The summed E-state index contributed by atoms with van der Waals surface area (Å²) in [6.45, 7) is 6.49. The van der Waals surface area contributed by atoms with Gasteiger partial charge in [0.2, 0.25) is 0 Å². The van der Waals surface area contributed by atoms with Crippen LogP contribution in [0.15, 0.2) is 30.9 Å². The molecule has 1 N–H and O–H groups in total. The minimum Gasteiger partial charge on any atom is -0.333 e. The quantitative estimate of drug-likeness (QED) is 0.894. The van der Waals surface area contributed by atoms with E-state index in [9.17, 15) is 4.79 Å². The van der Waals surface area contributed by atoms with Crippen LogP contribution in [0.4, 0.5) is 0 Å². The molecule has 1 amide bonds. The predicted molar refractivity (Wildman–Crippen MR) is 79.5 cm³/mol. The van der Waals surface area contributed by atoms with E-state index in [0.717, 1.165) is 36.4 Å². The van der Waals surface area contributed by atoms with Crippen molar-refractivity contribution in [2.45, 2.75) is 19.9 Å². The first kappa shape index (κ1) is 13.8. The molecule has 2 aromatic rings. The number of rotatable bonds is 2. The summed E-state index contributed by atoms with van der Waals surface area (Å²) in [5.74, 6) is 0.103. The summed E-state index contributed by atoms with van der Waals surface area (Å²) in [6.07, 6.45) is 3.14. The molecule has 0 aliphatic carbocycles. The summed E-state index contributed by atoms with van der Waals surface area (Å²) >= 11 is 0. The molecule has 1 fully saturated rings. The van der Waals surface area contributed by atoms with Crippen LogP contribution < -0.4 is 5.32 Å². The van der Waals surface area contributed by atoms with Gasteiger partial charge in [-0.1, -0.05) is 0 Å². The Morgan fingerprint density at radius 1 is 1.43 bits per heavy atom. The van der Waals surface area contributed by atoms with Crippen LogP contribution in [0.1, 0.15) is 22.8 Å². The SMILES string of the molecule is Cc1cc(-n2cncn2)ccc1C(=O)N1CCNCC1C. The Bertz CT molecular complexity index is 638. The van der Waals surface area contributed by atoms with Crippen molar-refractivity contribution in [3.05, 3.63) is 42.0 Å². The van der Waals surface area contributed by atoms with Gasteiger partial charge in [0.1, 0.15) is 12.7 Å². The molecular formula is C15H19N5O. The zero-order chi connectivity index (χ0) is 14.8. The summed E-state index contributed by atoms with van der Waals surface area (Å²) in [5.41, 5.74) is 2.63. The molecule has 1 aromatic heterocycles. The van der Waals surface area contributed by atoms with Gasteiger partial charge >= 0.3 is 0 Å². The lowest BCUT2D eigenvalue weighted by molar-refractivity contribution is 0.0655. The molecule has 0 spiro atoms. The van der Waals surface area contributed by atoms with Crippen molar-refractivity contribution in [1.29, 1.82) is 0 Å². The van der Waals surface area contributed by atoms with Gasteiger partial charge in [0, 0.05) is 31.2 Å². The second kappa shape index (κ2) is 5.65. The topological polar surface area (TPSA) is 63.1 Å². The van der Waals surface area contributed by atoms with Crippen LogP contribution in [0.3, 0.4) is 0 Å². The maximum Gasteiger partial charge on any atom is 0.254 e. The molecule has 3 rings (SSSR count). The van der Waals surface area contributed by atoms with E-state index in [-0.39, 0.29) is 11.9 Å². The van der Waals surface area contributed by atoms with E-state index in [0.29, 0.717) is 0 Å². The summed E-state index contributed by atoms with van der Waals surface area (Å²) in [5, 5.41) is 7.41. The smallest absolute Gasteiger partial charge is 0.254 e. The Hall–Kier alpha value is -2.21. The highest BCUT2D eigenvalue weighted by Crippen LogP contribution is 2.17. The zero-order valence-electron chi connectivity index (χ0n) is 12.3. The van der Waals surface area contributed by atoms with Crippen LogP contribution in [0, 0.1) is 6.92 Å². The highest BCUT2D eigenvalue weighted by molar-refractivity contribution is 5.96. The van der Waals surface area contributed by atoms with Crippen molar-refractivity contribution in [1.82, 2.24) is 25.0 Å². The number of hydrogen-bond donors (Lipinski definition) is 1. The number of piperazine rings is 1. The molecule has 1 saturated heterocycles. The Kier molecular flexibility index (Phi) is 3.70. The van der Waals surface area contributed by atoms with Gasteiger partial charge < -0.3 is 10.2 Å². The molecule has 1 atom stereocenters. The standard InChI is InChI=1S/C15H19N5O/c1-11-7-13(20-10-17-9-18-20)3-4-14(11)15(21)19-6-5-16-8-12(19)2/h3-4,7,9-10,12,16H,5-6,8H2,1-2H3. The third-order valence-electron chi connectivity index (χ3n) is 3.89. The lowest BCUT2D eigenvalue weighted by atomic mass is 10.0. The van der Waals surface area contributed by atoms with Crippen molar-refractivity contribution in [2.75, 3.05) is 19.6 Å². The zero-order valence-corrected chi connectivity index (χ0v) is 12.3. The van der Waals surface area contributed by atoms with Gasteiger partial charge in [0.05, 0.1) is 5.69 Å². The second-order valence-corrected chi connectivity index (χ2v) is 5.39. The Labute approximate surface area is 123 Å². The van der Waals surface area contributed by atoms with Crippen molar-refractivity contribution < 1.29 is 4.79 Å². The minimum atomic E-state index is 0.103. The fourth-order valence-electron chi connectivity index (χ4n) is 2.67. The summed E-state index contributed by atoms with van der Waals surface area (Å²) < 4.78 is 1.69. The number of hydrogen-bond acceptors (Lipinski definition) is 4. The van der Waals surface area contributed by atoms with E-state index in [4.69, 9.17) is 0 Å². The van der Waals surface area contributed by atoms with Gasteiger partial charge in [0.15, 0.2) is 0 Å². The average molecular weight is 285 g/mol. The maximum absolute atomic E-state index is 12.7. The number of benzene rings is 1. The first-order valence-corrected chi connectivity index (χ1v) is 7.14. The molecule has 110 valence electrons. The fraction of sp³-hybridized carbons (Fsp3) is 0.400. The highest BCUT2D eigenvalue weighted by Gasteiger charge is 2.25.